The van der Waals surface area contributed by atoms with Gasteiger partial charge in [-0.2, -0.15) is 4.31 Å². The molecule has 1 saturated heterocycles. The molecule has 2 aliphatic heterocycles. The number of sulfonamides is 1. The molecule has 0 bridgehead atoms. The Morgan fingerprint density at radius 2 is 1.77 bits per heavy atom. The number of rotatable bonds is 6. The van der Waals surface area contributed by atoms with Crippen molar-refractivity contribution >= 4 is 37.3 Å². The molecule has 2 aliphatic rings. The monoisotopic (exact) mass is 495 g/mol. The van der Waals surface area contributed by atoms with Gasteiger partial charge in [-0.15, -0.1) is 0 Å². The largest absolute Gasteiger partial charge is 0.454 e. The molecule has 0 aromatic heterocycles. The van der Waals surface area contributed by atoms with Gasteiger partial charge in [-0.1, -0.05) is 22.4 Å². The first-order chi connectivity index (χ1) is 14.4. The van der Waals surface area contributed by atoms with Gasteiger partial charge in [0.2, 0.25) is 16.8 Å². The molecule has 2 aromatic carbocycles. The molecule has 0 aliphatic carbocycles. The molecule has 0 radical (unpaired) electrons. The number of benzene rings is 2. The standard InChI is InChI=1S/C21H26BrN3O4S/c1-24(2)19-7-6-16(30(26,27)25-8-4-3-5-9-25)11-18(19)23-13-15-10-20-21(12-17(15)22)29-14-28-20/h6-7,10-12,23H,3-5,8-9,13-14H2,1-2H3. The average molecular weight is 496 g/mol. The van der Waals surface area contributed by atoms with E-state index >= 15 is 0 Å². The van der Waals surface area contributed by atoms with Crippen LogP contribution < -0.4 is 19.7 Å². The van der Waals surface area contributed by atoms with E-state index in [1.807, 2.05) is 37.2 Å². The second kappa shape index (κ2) is 8.64. The predicted octanol–water partition coefficient (Wildman–Crippen LogP) is 4.03. The van der Waals surface area contributed by atoms with Gasteiger partial charge in [0, 0.05) is 38.2 Å². The van der Waals surface area contributed by atoms with E-state index in [0.29, 0.717) is 36.0 Å². The Kier molecular flexibility index (Phi) is 6.13. The topological polar surface area (TPSA) is 71.1 Å². The highest BCUT2D eigenvalue weighted by molar-refractivity contribution is 9.10. The molecular weight excluding hydrogens is 470 g/mol. The van der Waals surface area contributed by atoms with Crippen molar-refractivity contribution in [2.75, 3.05) is 44.2 Å². The second-order valence-electron chi connectivity index (χ2n) is 7.69. The van der Waals surface area contributed by atoms with E-state index in [9.17, 15) is 8.42 Å². The van der Waals surface area contributed by atoms with Crippen LogP contribution >= 0.6 is 15.9 Å². The van der Waals surface area contributed by atoms with Crippen LogP contribution in [-0.4, -0.2) is 46.7 Å². The molecule has 7 nitrogen and oxygen atoms in total. The molecule has 30 heavy (non-hydrogen) atoms. The summed E-state index contributed by atoms with van der Waals surface area (Å²) in [5.74, 6) is 1.43. The molecule has 2 aromatic rings. The lowest BCUT2D eigenvalue weighted by Gasteiger charge is -2.27. The van der Waals surface area contributed by atoms with E-state index in [0.717, 1.165) is 40.7 Å². The summed E-state index contributed by atoms with van der Waals surface area (Å²) in [4.78, 5) is 2.29. The molecular formula is C21H26BrN3O4S. The number of hydrogen-bond acceptors (Lipinski definition) is 6. The summed E-state index contributed by atoms with van der Waals surface area (Å²) in [5.41, 5.74) is 2.68. The SMILES string of the molecule is CN(C)c1ccc(S(=O)(=O)N2CCCCC2)cc1NCc1cc2c(cc1Br)OCO2. The summed E-state index contributed by atoms with van der Waals surface area (Å²) in [6.45, 7) is 1.90. The van der Waals surface area contributed by atoms with Crippen LogP contribution in [0.15, 0.2) is 39.7 Å². The molecule has 0 amide bonds. The lowest BCUT2D eigenvalue weighted by molar-refractivity contribution is 0.174. The van der Waals surface area contributed by atoms with Crippen LogP contribution in [0.5, 0.6) is 11.5 Å². The first-order valence-corrected chi connectivity index (χ1v) is 12.2. The number of piperidine rings is 1. The van der Waals surface area contributed by atoms with Gasteiger partial charge in [0.15, 0.2) is 11.5 Å². The highest BCUT2D eigenvalue weighted by Crippen LogP contribution is 2.38. The first kappa shape index (κ1) is 21.3. The third-order valence-corrected chi connectivity index (χ3v) is 8.05. The molecule has 0 spiro atoms. The quantitative estimate of drug-likeness (QED) is 0.652. The smallest absolute Gasteiger partial charge is 0.243 e. The summed E-state index contributed by atoms with van der Waals surface area (Å²) in [5, 5.41) is 3.41. The van der Waals surface area contributed by atoms with Crippen LogP contribution in [0.25, 0.3) is 0 Å². The van der Waals surface area contributed by atoms with Crippen molar-refractivity contribution < 1.29 is 17.9 Å². The van der Waals surface area contributed by atoms with Crippen LogP contribution in [0.1, 0.15) is 24.8 Å². The fourth-order valence-corrected chi connectivity index (χ4v) is 5.75. The zero-order chi connectivity index (χ0) is 21.3. The zero-order valence-electron chi connectivity index (χ0n) is 17.2. The van der Waals surface area contributed by atoms with E-state index in [1.54, 1.807) is 16.4 Å². The fraction of sp³-hybridized carbons (Fsp3) is 0.429. The van der Waals surface area contributed by atoms with E-state index in [4.69, 9.17) is 9.47 Å². The Morgan fingerprint density at radius 1 is 1.07 bits per heavy atom. The predicted molar refractivity (Wildman–Crippen MR) is 121 cm³/mol. The Bertz CT molecular complexity index is 1040. The molecule has 162 valence electrons. The van der Waals surface area contributed by atoms with Crippen LogP contribution in [0.2, 0.25) is 0 Å². The van der Waals surface area contributed by atoms with Gasteiger partial charge in [0.25, 0.3) is 0 Å². The number of halogens is 1. The number of hydrogen-bond donors (Lipinski definition) is 1. The lowest BCUT2D eigenvalue weighted by atomic mass is 10.2. The Hall–Kier alpha value is -1.97. The maximum atomic E-state index is 13.1. The highest BCUT2D eigenvalue weighted by atomic mass is 79.9. The summed E-state index contributed by atoms with van der Waals surface area (Å²) >= 11 is 3.58. The van der Waals surface area contributed by atoms with Gasteiger partial charge in [0.05, 0.1) is 16.3 Å². The summed E-state index contributed by atoms with van der Waals surface area (Å²) < 4.78 is 39.6. The highest BCUT2D eigenvalue weighted by Gasteiger charge is 2.27. The molecule has 4 rings (SSSR count). The van der Waals surface area contributed by atoms with Crippen molar-refractivity contribution in [3.8, 4) is 11.5 Å². The van der Waals surface area contributed by atoms with E-state index in [2.05, 4.69) is 21.2 Å². The fourth-order valence-electron chi connectivity index (χ4n) is 3.75. The normalized spacial score (nSPS) is 16.5. The van der Waals surface area contributed by atoms with Crippen molar-refractivity contribution in [1.82, 2.24) is 4.31 Å². The molecule has 0 atom stereocenters. The third-order valence-electron chi connectivity index (χ3n) is 5.41. The van der Waals surface area contributed by atoms with Crippen LogP contribution in [0.3, 0.4) is 0 Å². The zero-order valence-corrected chi connectivity index (χ0v) is 19.6. The minimum atomic E-state index is -3.50. The summed E-state index contributed by atoms with van der Waals surface area (Å²) in [6.07, 6.45) is 2.92. The number of anilines is 2. The van der Waals surface area contributed by atoms with Crippen molar-refractivity contribution in [2.45, 2.75) is 30.7 Å². The van der Waals surface area contributed by atoms with E-state index in [-0.39, 0.29) is 6.79 Å². The average Bonchev–Trinajstić information content (AvgIpc) is 3.19. The second-order valence-corrected chi connectivity index (χ2v) is 10.5. The minimum absolute atomic E-state index is 0.222. The van der Waals surface area contributed by atoms with Gasteiger partial charge in [-0.25, -0.2) is 8.42 Å². The van der Waals surface area contributed by atoms with Crippen LogP contribution in [-0.2, 0) is 16.6 Å². The number of nitrogens with zero attached hydrogens (tertiary/aromatic N) is 2. The van der Waals surface area contributed by atoms with E-state index in [1.165, 1.54) is 0 Å². The third kappa shape index (κ3) is 4.24. The first-order valence-electron chi connectivity index (χ1n) is 9.99. The van der Waals surface area contributed by atoms with Crippen LogP contribution in [0.4, 0.5) is 11.4 Å². The van der Waals surface area contributed by atoms with Crippen molar-refractivity contribution in [1.29, 1.82) is 0 Å². The minimum Gasteiger partial charge on any atom is -0.454 e. The molecule has 0 unspecified atom stereocenters. The number of ether oxygens (including phenoxy) is 2. The summed E-state index contributed by atoms with van der Waals surface area (Å²) in [7, 11) is 0.383. The van der Waals surface area contributed by atoms with Gasteiger partial charge in [0.1, 0.15) is 0 Å². The Balaban J connectivity index is 1.61. The van der Waals surface area contributed by atoms with Gasteiger partial charge in [-0.05, 0) is 48.7 Å². The molecule has 9 heteroatoms. The van der Waals surface area contributed by atoms with Crippen LogP contribution in [0, 0.1) is 0 Å². The molecule has 1 fully saturated rings. The number of fused-ring (bicyclic) bond motifs is 1. The maximum absolute atomic E-state index is 13.1. The van der Waals surface area contributed by atoms with Crippen molar-refractivity contribution in [2.24, 2.45) is 0 Å². The van der Waals surface area contributed by atoms with Gasteiger partial charge >= 0.3 is 0 Å². The van der Waals surface area contributed by atoms with Crippen molar-refractivity contribution in [3.63, 3.8) is 0 Å². The summed E-state index contributed by atoms with van der Waals surface area (Å²) in [6, 6.07) is 9.11. The Morgan fingerprint density at radius 3 is 2.47 bits per heavy atom. The molecule has 0 saturated carbocycles. The van der Waals surface area contributed by atoms with Gasteiger partial charge in [-0.3, -0.25) is 0 Å². The Labute approximate surface area is 186 Å². The molecule has 1 N–H and O–H groups in total. The van der Waals surface area contributed by atoms with Gasteiger partial charge < -0.3 is 19.7 Å². The number of nitrogens with one attached hydrogen (secondary N) is 1. The lowest BCUT2D eigenvalue weighted by Crippen LogP contribution is -2.35. The maximum Gasteiger partial charge on any atom is 0.243 e. The molecule has 2 heterocycles. The van der Waals surface area contributed by atoms with Crippen molar-refractivity contribution in [3.05, 3.63) is 40.4 Å². The van der Waals surface area contributed by atoms with E-state index < -0.39 is 10.0 Å².